The van der Waals surface area contributed by atoms with E-state index in [1.807, 2.05) is 30.3 Å². The molecule has 3 aromatic rings. The molecular formula is C21H18Cl2FNO. The molecular weight excluding hydrogens is 372 g/mol. The van der Waals surface area contributed by atoms with Crippen molar-refractivity contribution in [2.45, 2.75) is 19.7 Å². The topological polar surface area (TPSA) is 21.3 Å². The van der Waals surface area contributed by atoms with Crippen LogP contribution in [0.15, 0.2) is 66.7 Å². The van der Waals surface area contributed by atoms with Gasteiger partial charge in [0.1, 0.15) is 18.2 Å². The second-order valence-corrected chi connectivity index (χ2v) is 6.71. The highest BCUT2D eigenvalue weighted by Gasteiger charge is 2.06. The van der Waals surface area contributed by atoms with E-state index in [2.05, 4.69) is 5.32 Å². The minimum atomic E-state index is -0.228. The third-order valence-electron chi connectivity index (χ3n) is 3.93. The summed E-state index contributed by atoms with van der Waals surface area (Å²) in [5.74, 6) is 0.568. The summed E-state index contributed by atoms with van der Waals surface area (Å²) in [6.45, 7) is 1.66. The summed E-state index contributed by atoms with van der Waals surface area (Å²) in [5, 5.41) is 4.54. The highest BCUT2D eigenvalue weighted by Crippen LogP contribution is 2.24. The summed E-state index contributed by atoms with van der Waals surface area (Å²) in [6.07, 6.45) is 0. The fraction of sp³-hybridized carbons (Fsp3) is 0.143. The van der Waals surface area contributed by atoms with Crippen LogP contribution >= 0.6 is 23.2 Å². The lowest BCUT2D eigenvalue weighted by atomic mass is 10.1. The van der Waals surface area contributed by atoms with Crippen LogP contribution in [0.2, 0.25) is 10.0 Å². The van der Waals surface area contributed by atoms with Crippen LogP contribution in [0.5, 0.6) is 5.75 Å². The molecule has 2 nitrogen and oxygen atoms in total. The molecule has 26 heavy (non-hydrogen) atoms. The van der Waals surface area contributed by atoms with Gasteiger partial charge in [-0.05, 0) is 35.9 Å². The molecule has 0 heterocycles. The van der Waals surface area contributed by atoms with E-state index in [4.69, 9.17) is 27.9 Å². The van der Waals surface area contributed by atoms with Gasteiger partial charge >= 0.3 is 0 Å². The summed E-state index contributed by atoms with van der Waals surface area (Å²) in [6, 6.07) is 19.7. The van der Waals surface area contributed by atoms with Crippen LogP contribution < -0.4 is 10.1 Å². The quantitative estimate of drug-likeness (QED) is 0.534. The van der Waals surface area contributed by atoms with Crippen molar-refractivity contribution in [2.24, 2.45) is 0 Å². The second kappa shape index (κ2) is 9.04. The van der Waals surface area contributed by atoms with E-state index in [9.17, 15) is 4.39 Å². The molecule has 0 radical (unpaired) electrons. The fourth-order valence-corrected chi connectivity index (χ4v) is 2.99. The van der Waals surface area contributed by atoms with Gasteiger partial charge in [-0.25, -0.2) is 4.39 Å². The standard InChI is InChI=1S/C21H18Cl2FNO/c22-18-8-7-17(20(23)11-18)14-26-21-4-2-1-3-16(21)13-25-12-15-5-9-19(24)10-6-15/h1-11,25H,12-14H2. The number of halogens is 3. The first-order chi connectivity index (χ1) is 12.6. The maximum absolute atomic E-state index is 12.9. The predicted molar refractivity (Wildman–Crippen MR) is 104 cm³/mol. The molecule has 0 aliphatic carbocycles. The molecule has 5 heteroatoms. The minimum absolute atomic E-state index is 0.228. The first-order valence-corrected chi connectivity index (χ1v) is 8.97. The number of nitrogens with one attached hydrogen (secondary N) is 1. The third kappa shape index (κ3) is 5.21. The lowest BCUT2D eigenvalue weighted by Crippen LogP contribution is -2.13. The number of para-hydroxylation sites is 1. The van der Waals surface area contributed by atoms with Crippen molar-refractivity contribution in [3.05, 3.63) is 99.3 Å². The van der Waals surface area contributed by atoms with Crippen LogP contribution in [0, 0.1) is 5.82 Å². The molecule has 0 aliphatic rings. The van der Waals surface area contributed by atoms with Gasteiger partial charge in [-0.15, -0.1) is 0 Å². The van der Waals surface area contributed by atoms with Crippen LogP contribution in [0.1, 0.15) is 16.7 Å². The predicted octanol–water partition coefficient (Wildman–Crippen LogP) is 6.00. The minimum Gasteiger partial charge on any atom is -0.489 e. The molecule has 0 unspecified atom stereocenters. The van der Waals surface area contributed by atoms with Crippen molar-refractivity contribution in [1.82, 2.24) is 5.32 Å². The number of ether oxygens (including phenoxy) is 1. The Morgan fingerprint density at radius 1 is 0.846 bits per heavy atom. The van der Waals surface area contributed by atoms with Gasteiger partial charge in [0.25, 0.3) is 0 Å². The molecule has 0 aromatic heterocycles. The van der Waals surface area contributed by atoms with E-state index in [-0.39, 0.29) is 5.82 Å². The van der Waals surface area contributed by atoms with Crippen LogP contribution in [0.4, 0.5) is 4.39 Å². The fourth-order valence-electron chi connectivity index (χ4n) is 2.53. The number of hydrogen-bond donors (Lipinski definition) is 1. The van der Waals surface area contributed by atoms with Gasteiger partial charge in [0.15, 0.2) is 0 Å². The second-order valence-electron chi connectivity index (χ2n) is 5.86. The van der Waals surface area contributed by atoms with Crippen molar-refractivity contribution in [1.29, 1.82) is 0 Å². The lowest BCUT2D eigenvalue weighted by molar-refractivity contribution is 0.302. The van der Waals surface area contributed by atoms with Gasteiger partial charge in [0.05, 0.1) is 0 Å². The Labute approximate surface area is 162 Å². The molecule has 0 atom stereocenters. The number of hydrogen-bond acceptors (Lipinski definition) is 2. The van der Waals surface area contributed by atoms with E-state index in [1.54, 1.807) is 24.3 Å². The van der Waals surface area contributed by atoms with Crippen LogP contribution in [0.25, 0.3) is 0 Å². The number of rotatable bonds is 7. The molecule has 0 saturated carbocycles. The van der Waals surface area contributed by atoms with Gasteiger partial charge in [-0.1, -0.05) is 59.6 Å². The average molecular weight is 390 g/mol. The van der Waals surface area contributed by atoms with Crippen molar-refractivity contribution in [3.8, 4) is 5.75 Å². The SMILES string of the molecule is Fc1ccc(CNCc2ccccc2OCc2ccc(Cl)cc2Cl)cc1. The van der Waals surface area contributed by atoms with Gasteiger partial charge in [-0.2, -0.15) is 0 Å². The maximum Gasteiger partial charge on any atom is 0.124 e. The molecule has 0 amide bonds. The molecule has 0 aliphatic heterocycles. The normalized spacial score (nSPS) is 10.7. The van der Waals surface area contributed by atoms with E-state index in [0.717, 1.165) is 22.4 Å². The zero-order valence-corrected chi connectivity index (χ0v) is 15.5. The van der Waals surface area contributed by atoms with Crippen LogP contribution in [0.3, 0.4) is 0 Å². The van der Waals surface area contributed by atoms with Crippen LogP contribution in [-0.2, 0) is 19.7 Å². The van der Waals surface area contributed by atoms with E-state index >= 15 is 0 Å². The summed E-state index contributed by atoms with van der Waals surface area (Å²) in [4.78, 5) is 0. The Balaban J connectivity index is 1.59. The van der Waals surface area contributed by atoms with Gasteiger partial charge < -0.3 is 10.1 Å². The zero-order valence-electron chi connectivity index (χ0n) is 14.0. The maximum atomic E-state index is 12.9. The van der Waals surface area contributed by atoms with Crippen LogP contribution in [-0.4, -0.2) is 0 Å². The van der Waals surface area contributed by atoms with E-state index < -0.39 is 0 Å². The third-order valence-corrected chi connectivity index (χ3v) is 4.52. The van der Waals surface area contributed by atoms with E-state index in [1.165, 1.54) is 12.1 Å². The molecule has 3 rings (SSSR count). The highest BCUT2D eigenvalue weighted by atomic mass is 35.5. The lowest BCUT2D eigenvalue weighted by Gasteiger charge is -2.13. The Kier molecular flexibility index (Phi) is 6.51. The first-order valence-electron chi connectivity index (χ1n) is 8.21. The summed E-state index contributed by atoms with van der Waals surface area (Å²) in [5.41, 5.74) is 2.95. The Morgan fingerprint density at radius 3 is 2.38 bits per heavy atom. The smallest absolute Gasteiger partial charge is 0.124 e. The molecule has 0 spiro atoms. The largest absolute Gasteiger partial charge is 0.489 e. The molecule has 134 valence electrons. The molecule has 0 saturated heterocycles. The first kappa shape index (κ1) is 18.7. The monoisotopic (exact) mass is 389 g/mol. The van der Waals surface area contributed by atoms with Crippen molar-refractivity contribution >= 4 is 23.2 Å². The Bertz CT molecular complexity index is 868. The van der Waals surface area contributed by atoms with Gasteiger partial charge in [0, 0.05) is 34.3 Å². The van der Waals surface area contributed by atoms with Gasteiger partial charge in [0.2, 0.25) is 0 Å². The van der Waals surface area contributed by atoms with E-state index in [0.29, 0.717) is 29.7 Å². The Morgan fingerprint density at radius 2 is 1.62 bits per heavy atom. The van der Waals surface area contributed by atoms with Crippen molar-refractivity contribution in [2.75, 3.05) is 0 Å². The summed E-state index contributed by atoms with van der Waals surface area (Å²) < 4.78 is 18.9. The van der Waals surface area contributed by atoms with Gasteiger partial charge in [-0.3, -0.25) is 0 Å². The molecule has 0 fully saturated rings. The molecule has 3 aromatic carbocycles. The average Bonchev–Trinajstić information content (AvgIpc) is 2.64. The molecule has 1 N–H and O–H groups in total. The summed E-state index contributed by atoms with van der Waals surface area (Å²) >= 11 is 12.1. The highest BCUT2D eigenvalue weighted by molar-refractivity contribution is 6.35. The Hall–Kier alpha value is -2.07. The van der Waals surface area contributed by atoms with Crippen molar-refractivity contribution in [3.63, 3.8) is 0 Å². The molecule has 0 bridgehead atoms. The summed E-state index contributed by atoms with van der Waals surface area (Å²) in [7, 11) is 0. The number of benzene rings is 3. The van der Waals surface area contributed by atoms with Crippen molar-refractivity contribution < 1.29 is 9.13 Å². The zero-order chi connectivity index (χ0) is 18.4.